The van der Waals surface area contributed by atoms with E-state index in [2.05, 4.69) is 58.0 Å². The predicted molar refractivity (Wildman–Crippen MR) is 125 cm³/mol. The standard InChI is InChI=1S/C25H38O4S.BrH/c1-17(2)6-11-21-24(4,29-21)23-22(28-5)20(26)12-14-25(23,27)16-30-15-13-19-9-7-18(3)8-10-19;/h6-10,20-23,26-27H,11-16H2,1-5H3;1H. The summed E-state index contributed by atoms with van der Waals surface area (Å²) in [5.74, 6) is 1.46. The molecular formula is C25H39BrO4S. The third-order valence-electron chi connectivity index (χ3n) is 6.83. The monoisotopic (exact) mass is 514 g/mol. The average Bonchev–Trinajstić information content (AvgIpc) is 3.37. The van der Waals surface area contributed by atoms with Crippen LogP contribution >= 0.6 is 0 Å². The minimum Gasteiger partial charge on any atom is -1.00 e. The van der Waals surface area contributed by atoms with Crippen molar-refractivity contribution in [2.75, 3.05) is 18.6 Å². The maximum absolute atomic E-state index is 11.8. The van der Waals surface area contributed by atoms with Crippen molar-refractivity contribution < 1.29 is 36.7 Å². The van der Waals surface area contributed by atoms with Gasteiger partial charge in [0.2, 0.25) is 0 Å². The van der Waals surface area contributed by atoms with Crippen LogP contribution in [0.15, 0.2) is 35.9 Å². The van der Waals surface area contributed by atoms with Crippen LogP contribution in [0.1, 0.15) is 51.2 Å². The number of thiol groups is 1. The second-order valence-corrected chi connectivity index (χ2v) is 10.7. The van der Waals surface area contributed by atoms with Gasteiger partial charge in [0.25, 0.3) is 0 Å². The molecular weight excluding hydrogens is 476 g/mol. The topological polar surface area (TPSA) is 62.2 Å². The number of halogens is 1. The number of aryl methyl sites for hydroxylation is 2. The van der Waals surface area contributed by atoms with Crippen LogP contribution in [0.4, 0.5) is 0 Å². The maximum Gasteiger partial charge on any atom is 0.134 e. The Morgan fingerprint density at radius 3 is 2.58 bits per heavy atom. The molecule has 0 spiro atoms. The van der Waals surface area contributed by atoms with E-state index in [-0.39, 0.29) is 29.0 Å². The highest BCUT2D eigenvalue weighted by molar-refractivity contribution is 7.78. The van der Waals surface area contributed by atoms with Crippen molar-refractivity contribution in [2.45, 2.75) is 82.9 Å². The third kappa shape index (κ3) is 6.36. The van der Waals surface area contributed by atoms with Gasteiger partial charge in [-0.05, 0) is 64.3 Å². The zero-order valence-electron chi connectivity index (χ0n) is 19.5. The van der Waals surface area contributed by atoms with Crippen LogP contribution in [-0.4, -0.2) is 58.3 Å². The van der Waals surface area contributed by atoms with Crippen LogP contribution in [0.5, 0.6) is 0 Å². The van der Waals surface area contributed by atoms with Gasteiger partial charge < -0.3 is 36.7 Å². The smallest absolute Gasteiger partial charge is 0.134 e. The fourth-order valence-electron chi connectivity index (χ4n) is 4.98. The maximum atomic E-state index is 11.8. The Morgan fingerprint density at radius 1 is 1.29 bits per heavy atom. The first-order chi connectivity index (χ1) is 14.2. The fourth-order valence-corrected chi connectivity index (χ4v) is 6.30. The molecule has 31 heavy (non-hydrogen) atoms. The molecule has 176 valence electrons. The summed E-state index contributed by atoms with van der Waals surface area (Å²) in [6, 6.07) is 8.68. The summed E-state index contributed by atoms with van der Waals surface area (Å²) in [7, 11) is 1.64. The zero-order chi connectivity index (χ0) is 21.9. The molecule has 6 atom stereocenters. The van der Waals surface area contributed by atoms with Crippen LogP contribution in [0.3, 0.4) is 0 Å². The molecule has 1 heterocycles. The molecule has 1 aliphatic carbocycles. The van der Waals surface area contributed by atoms with Gasteiger partial charge in [-0.25, -0.2) is 0 Å². The van der Waals surface area contributed by atoms with Crippen molar-refractivity contribution in [3.63, 3.8) is 0 Å². The van der Waals surface area contributed by atoms with Crippen molar-refractivity contribution in [1.82, 2.24) is 0 Å². The minimum atomic E-state index is -0.886. The molecule has 6 unspecified atom stereocenters. The van der Waals surface area contributed by atoms with Gasteiger partial charge in [-0.3, -0.25) is 0 Å². The van der Waals surface area contributed by atoms with Crippen molar-refractivity contribution in [1.29, 1.82) is 0 Å². The lowest BCUT2D eigenvalue weighted by Gasteiger charge is -2.46. The second-order valence-electron chi connectivity index (χ2n) is 9.54. The molecule has 0 amide bonds. The lowest BCUT2D eigenvalue weighted by Crippen LogP contribution is -3.00. The second kappa shape index (κ2) is 11.2. The molecule has 2 fully saturated rings. The summed E-state index contributed by atoms with van der Waals surface area (Å²) >= 11 is 1.23. The van der Waals surface area contributed by atoms with E-state index in [0.29, 0.717) is 18.6 Å². The van der Waals surface area contributed by atoms with E-state index in [1.54, 1.807) is 7.11 Å². The van der Waals surface area contributed by atoms with Crippen molar-refractivity contribution >= 4 is 11.8 Å². The van der Waals surface area contributed by atoms with E-state index in [1.807, 2.05) is 0 Å². The van der Waals surface area contributed by atoms with Gasteiger partial charge in [0.05, 0.1) is 24.2 Å². The average molecular weight is 516 g/mol. The van der Waals surface area contributed by atoms with Gasteiger partial charge in [-0.15, -0.1) is 0 Å². The Balaban J connectivity index is 0.00000341. The van der Waals surface area contributed by atoms with Gasteiger partial charge in [-0.1, -0.05) is 41.5 Å². The number of ether oxygens (including phenoxy) is 2. The number of methoxy groups -OCH3 is 1. The Hall–Kier alpha value is -0.370. The highest BCUT2D eigenvalue weighted by atomic mass is 79.9. The summed E-state index contributed by atoms with van der Waals surface area (Å²) in [6.45, 7) is 8.36. The lowest BCUT2D eigenvalue weighted by molar-refractivity contribution is -0.169. The molecule has 1 saturated heterocycles. The highest BCUT2D eigenvalue weighted by Crippen LogP contribution is 2.54. The van der Waals surface area contributed by atoms with Crippen molar-refractivity contribution in [2.24, 2.45) is 5.92 Å². The molecule has 1 saturated carbocycles. The molecule has 1 aromatic carbocycles. The van der Waals surface area contributed by atoms with E-state index in [9.17, 15) is 10.2 Å². The molecule has 1 aromatic rings. The first-order valence-electron chi connectivity index (χ1n) is 11.1. The van der Waals surface area contributed by atoms with E-state index >= 15 is 0 Å². The molecule has 6 heteroatoms. The summed E-state index contributed by atoms with van der Waals surface area (Å²) in [5, 5.41) is 22.4. The van der Waals surface area contributed by atoms with Crippen LogP contribution in [-0.2, 0) is 27.7 Å². The predicted octanol–water partition coefficient (Wildman–Crippen LogP) is 0.387. The van der Waals surface area contributed by atoms with Gasteiger partial charge in [0.1, 0.15) is 22.7 Å². The quantitative estimate of drug-likeness (QED) is 0.164. The molecule has 1 aliphatic heterocycles. The van der Waals surface area contributed by atoms with E-state index in [1.165, 1.54) is 28.5 Å². The first-order valence-corrected chi connectivity index (χ1v) is 12.4. The number of rotatable bonds is 9. The van der Waals surface area contributed by atoms with Gasteiger partial charge in [0, 0.05) is 13.5 Å². The molecule has 0 aromatic heterocycles. The number of hydrogen-bond donors (Lipinski definition) is 2. The number of aliphatic hydroxyl groups excluding tert-OH is 1. The van der Waals surface area contributed by atoms with E-state index in [0.717, 1.165) is 18.6 Å². The first kappa shape index (κ1) is 26.9. The molecule has 0 radical (unpaired) electrons. The lowest BCUT2D eigenvalue weighted by atomic mass is 9.66. The minimum absolute atomic E-state index is 0. The molecule has 2 aliphatic rings. The summed E-state index contributed by atoms with van der Waals surface area (Å²) in [5.41, 5.74) is 2.54. The molecule has 2 N–H and O–H groups in total. The SMILES string of the molecule is COC1C(O)CCC(O)(C[SH+]CCc2ccc(C)cc2)C1C1(C)OC1CC=C(C)C.[Br-]. The highest BCUT2D eigenvalue weighted by Gasteiger charge is 2.67. The summed E-state index contributed by atoms with van der Waals surface area (Å²) in [6.07, 6.45) is 4.29. The van der Waals surface area contributed by atoms with Crippen LogP contribution in [0.25, 0.3) is 0 Å². The Labute approximate surface area is 202 Å². The number of benzene rings is 1. The molecule has 0 bridgehead atoms. The van der Waals surface area contributed by atoms with Gasteiger partial charge in [0.15, 0.2) is 0 Å². The number of epoxide rings is 1. The Bertz CT molecular complexity index is 736. The number of allylic oxidation sites excluding steroid dienone is 1. The summed E-state index contributed by atoms with van der Waals surface area (Å²) < 4.78 is 11.9. The Kier molecular flexibility index (Phi) is 9.68. The number of aliphatic hydroxyl groups is 2. The van der Waals surface area contributed by atoms with Gasteiger partial charge in [-0.2, -0.15) is 0 Å². The van der Waals surface area contributed by atoms with Gasteiger partial charge >= 0.3 is 0 Å². The van der Waals surface area contributed by atoms with E-state index in [4.69, 9.17) is 9.47 Å². The normalized spacial score (nSPS) is 34.7. The zero-order valence-corrected chi connectivity index (χ0v) is 22.0. The largest absolute Gasteiger partial charge is 1.00 e. The van der Waals surface area contributed by atoms with Crippen LogP contribution in [0, 0.1) is 12.8 Å². The molecule has 3 rings (SSSR count). The van der Waals surface area contributed by atoms with Crippen molar-refractivity contribution in [3.8, 4) is 0 Å². The molecule has 4 nitrogen and oxygen atoms in total. The van der Waals surface area contributed by atoms with Crippen LogP contribution in [0.2, 0.25) is 0 Å². The number of hydrogen-bond acceptors (Lipinski definition) is 4. The van der Waals surface area contributed by atoms with E-state index < -0.39 is 23.4 Å². The fraction of sp³-hybridized carbons (Fsp3) is 0.680. The summed E-state index contributed by atoms with van der Waals surface area (Å²) in [4.78, 5) is 0. The van der Waals surface area contributed by atoms with Crippen molar-refractivity contribution in [3.05, 3.63) is 47.0 Å². The Morgan fingerprint density at radius 2 is 1.97 bits per heavy atom. The van der Waals surface area contributed by atoms with Crippen LogP contribution < -0.4 is 17.0 Å². The third-order valence-corrected chi connectivity index (χ3v) is 8.14.